The molecule has 0 spiro atoms. The van der Waals surface area contributed by atoms with Gasteiger partial charge in [0.05, 0.1) is 6.54 Å². The lowest BCUT2D eigenvalue weighted by atomic mass is 10.1. The van der Waals surface area contributed by atoms with E-state index in [1.165, 1.54) is 12.1 Å². The summed E-state index contributed by atoms with van der Waals surface area (Å²) in [6, 6.07) is 14.3. The zero-order valence-corrected chi connectivity index (χ0v) is 16.0. The Kier molecular flexibility index (Phi) is 7.64. The van der Waals surface area contributed by atoms with Crippen LogP contribution in [0.15, 0.2) is 48.5 Å². The number of carbonyl (C=O) groups is 1. The van der Waals surface area contributed by atoms with Crippen LogP contribution in [0.3, 0.4) is 0 Å². The van der Waals surface area contributed by atoms with Crippen LogP contribution < -0.4 is 9.80 Å². The lowest BCUT2D eigenvalue weighted by Gasteiger charge is -2.24. The average Bonchev–Trinajstić information content (AvgIpc) is 2.64. The third kappa shape index (κ3) is 5.87. The largest absolute Gasteiger partial charge is 0.378 e. The third-order valence-electron chi connectivity index (χ3n) is 4.48. The van der Waals surface area contributed by atoms with Crippen molar-refractivity contribution in [3.05, 3.63) is 59.9 Å². The molecule has 26 heavy (non-hydrogen) atoms. The van der Waals surface area contributed by atoms with Crippen LogP contribution in [-0.4, -0.2) is 20.0 Å². The van der Waals surface area contributed by atoms with Crippen molar-refractivity contribution in [1.29, 1.82) is 0 Å². The van der Waals surface area contributed by atoms with E-state index in [0.717, 1.165) is 42.6 Å². The highest BCUT2D eigenvalue weighted by molar-refractivity contribution is 5.93. The fraction of sp³-hybridized carbons (Fsp3) is 0.409. The van der Waals surface area contributed by atoms with E-state index in [0.29, 0.717) is 13.0 Å². The molecule has 0 bridgehead atoms. The maximum Gasteiger partial charge on any atom is 0.227 e. The van der Waals surface area contributed by atoms with Gasteiger partial charge in [0.25, 0.3) is 0 Å². The second-order valence-electron chi connectivity index (χ2n) is 6.83. The number of halogens is 1. The Morgan fingerprint density at radius 2 is 1.50 bits per heavy atom. The van der Waals surface area contributed by atoms with Gasteiger partial charge in [0.1, 0.15) is 5.82 Å². The summed E-state index contributed by atoms with van der Waals surface area (Å²) in [6.07, 6.45) is 4.78. The minimum atomic E-state index is -0.292. The maximum absolute atomic E-state index is 13.3. The van der Waals surface area contributed by atoms with Crippen molar-refractivity contribution in [3.63, 3.8) is 0 Å². The molecule has 0 aliphatic carbocycles. The minimum Gasteiger partial charge on any atom is -0.378 e. The zero-order valence-electron chi connectivity index (χ0n) is 16.0. The van der Waals surface area contributed by atoms with Crippen molar-refractivity contribution in [1.82, 2.24) is 0 Å². The molecule has 2 aromatic rings. The fourth-order valence-electron chi connectivity index (χ4n) is 2.86. The Labute approximate surface area is 156 Å². The lowest BCUT2D eigenvalue weighted by Crippen LogP contribution is -2.30. The Balaban J connectivity index is 2.14. The van der Waals surface area contributed by atoms with Crippen LogP contribution in [0.2, 0.25) is 0 Å². The molecule has 0 saturated carbocycles. The summed E-state index contributed by atoms with van der Waals surface area (Å²) in [7, 11) is 4.00. The fourth-order valence-corrected chi connectivity index (χ4v) is 2.86. The zero-order chi connectivity index (χ0) is 18.9. The lowest BCUT2D eigenvalue weighted by molar-refractivity contribution is -0.118. The number of hydrogen-bond acceptors (Lipinski definition) is 2. The third-order valence-corrected chi connectivity index (χ3v) is 4.48. The van der Waals surface area contributed by atoms with E-state index in [1.54, 1.807) is 17.0 Å². The Morgan fingerprint density at radius 1 is 0.885 bits per heavy atom. The van der Waals surface area contributed by atoms with Gasteiger partial charge in [0.2, 0.25) is 5.91 Å². The monoisotopic (exact) mass is 356 g/mol. The van der Waals surface area contributed by atoms with Crippen molar-refractivity contribution >= 4 is 17.3 Å². The summed E-state index contributed by atoms with van der Waals surface area (Å²) in [5.74, 6) is -0.205. The van der Waals surface area contributed by atoms with E-state index in [1.807, 2.05) is 43.3 Å². The minimum absolute atomic E-state index is 0.0874. The molecule has 0 aliphatic rings. The SMILES string of the molecule is CCCCCCC(=O)N(Cc1ccc(N(C)C)cc1)c1ccc(F)cc1. The molecule has 2 aromatic carbocycles. The number of unbranched alkanes of at least 4 members (excludes halogenated alkanes) is 3. The van der Waals surface area contributed by atoms with Crippen molar-refractivity contribution in [2.24, 2.45) is 0 Å². The van der Waals surface area contributed by atoms with Gasteiger partial charge in [-0.05, 0) is 48.4 Å². The normalized spacial score (nSPS) is 10.6. The number of amides is 1. The molecule has 0 aliphatic heterocycles. The van der Waals surface area contributed by atoms with Crippen LogP contribution in [-0.2, 0) is 11.3 Å². The molecule has 140 valence electrons. The molecule has 0 fully saturated rings. The number of anilines is 2. The molecule has 4 heteroatoms. The standard InChI is InChI=1S/C22H29FN2O/c1-4-5-6-7-8-22(26)25(21-15-11-19(23)12-16-21)17-18-9-13-20(14-10-18)24(2)3/h9-16H,4-8,17H2,1-3H3. The molecule has 1 amide bonds. The van der Waals surface area contributed by atoms with Crippen LogP contribution in [0.1, 0.15) is 44.6 Å². The highest BCUT2D eigenvalue weighted by atomic mass is 19.1. The number of carbonyl (C=O) groups excluding carboxylic acids is 1. The second-order valence-corrected chi connectivity index (χ2v) is 6.83. The van der Waals surface area contributed by atoms with E-state index in [-0.39, 0.29) is 11.7 Å². The van der Waals surface area contributed by atoms with Crippen molar-refractivity contribution in [2.45, 2.75) is 45.6 Å². The van der Waals surface area contributed by atoms with Crippen LogP contribution >= 0.6 is 0 Å². The highest BCUT2D eigenvalue weighted by Gasteiger charge is 2.16. The predicted octanol–water partition coefficient (Wildman–Crippen LogP) is 5.40. The molecule has 0 radical (unpaired) electrons. The first kappa shape index (κ1) is 20.0. The number of benzene rings is 2. The van der Waals surface area contributed by atoms with Crippen molar-refractivity contribution in [2.75, 3.05) is 23.9 Å². The smallest absolute Gasteiger partial charge is 0.227 e. The summed E-state index contributed by atoms with van der Waals surface area (Å²) < 4.78 is 13.3. The Morgan fingerprint density at radius 3 is 2.08 bits per heavy atom. The summed E-state index contributed by atoms with van der Waals surface area (Å²) in [5.41, 5.74) is 2.92. The average molecular weight is 356 g/mol. The van der Waals surface area contributed by atoms with Crippen LogP contribution in [0, 0.1) is 5.82 Å². The summed E-state index contributed by atoms with van der Waals surface area (Å²) in [5, 5.41) is 0. The molecular formula is C22H29FN2O. The van der Waals surface area contributed by atoms with Gasteiger partial charge in [-0.25, -0.2) is 4.39 Å². The first-order valence-corrected chi connectivity index (χ1v) is 9.33. The Bertz CT molecular complexity index is 680. The van der Waals surface area contributed by atoms with Gasteiger partial charge < -0.3 is 9.80 Å². The number of hydrogen-bond donors (Lipinski definition) is 0. The quantitative estimate of drug-likeness (QED) is 0.562. The molecular weight excluding hydrogens is 327 g/mol. The maximum atomic E-state index is 13.3. The van der Waals surface area contributed by atoms with Crippen LogP contribution in [0.5, 0.6) is 0 Å². The molecule has 2 rings (SSSR count). The predicted molar refractivity (Wildman–Crippen MR) is 107 cm³/mol. The van der Waals surface area contributed by atoms with Gasteiger partial charge in [0, 0.05) is 31.9 Å². The Hall–Kier alpha value is -2.36. The van der Waals surface area contributed by atoms with E-state index in [2.05, 4.69) is 6.92 Å². The summed E-state index contributed by atoms with van der Waals surface area (Å²) in [4.78, 5) is 16.6. The highest BCUT2D eigenvalue weighted by Crippen LogP contribution is 2.21. The van der Waals surface area contributed by atoms with Crippen molar-refractivity contribution < 1.29 is 9.18 Å². The summed E-state index contributed by atoms with van der Waals surface area (Å²) >= 11 is 0. The second kappa shape index (κ2) is 9.95. The molecule has 0 atom stereocenters. The van der Waals surface area contributed by atoms with E-state index >= 15 is 0 Å². The number of rotatable bonds is 9. The van der Waals surface area contributed by atoms with Gasteiger partial charge in [0.15, 0.2) is 0 Å². The molecule has 0 N–H and O–H groups in total. The summed E-state index contributed by atoms with van der Waals surface area (Å²) in [6.45, 7) is 2.65. The van der Waals surface area contributed by atoms with Gasteiger partial charge in [-0.3, -0.25) is 4.79 Å². The molecule has 0 saturated heterocycles. The first-order chi connectivity index (χ1) is 12.5. The van der Waals surface area contributed by atoms with Gasteiger partial charge in [-0.15, -0.1) is 0 Å². The van der Waals surface area contributed by atoms with E-state index < -0.39 is 0 Å². The van der Waals surface area contributed by atoms with Crippen LogP contribution in [0.4, 0.5) is 15.8 Å². The topological polar surface area (TPSA) is 23.6 Å². The van der Waals surface area contributed by atoms with Gasteiger partial charge in [-0.2, -0.15) is 0 Å². The first-order valence-electron chi connectivity index (χ1n) is 9.33. The molecule has 0 unspecified atom stereocenters. The molecule has 0 heterocycles. The van der Waals surface area contributed by atoms with E-state index in [4.69, 9.17) is 0 Å². The van der Waals surface area contributed by atoms with Gasteiger partial charge in [-0.1, -0.05) is 38.3 Å². The van der Waals surface area contributed by atoms with Gasteiger partial charge >= 0.3 is 0 Å². The molecule has 0 aromatic heterocycles. The molecule has 3 nitrogen and oxygen atoms in total. The van der Waals surface area contributed by atoms with E-state index in [9.17, 15) is 9.18 Å². The van der Waals surface area contributed by atoms with Crippen LogP contribution in [0.25, 0.3) is 0 Å². The number of nitrogens with zero attached hydrogens (tertiary/aromatic N) is 2. The van der Waals surface area contributed by atoms with Crippen molar-refractivity contribution in [3.8, 4) is 0 Å².